The quantitative estimate of drug-likeness (QED) is 0.688. The van der Waals surface area contributed by atoms with Crippen molar-refractivity contribution in [3.63, 3.8) is 0 Å². The topological polar surface area (TPSA) is 63.1 Å². The van der Waals surface area contributed by atoms with Crippen LogP contribution < -0.4 is 0 Å². The molecule has 6 heteroatoms. The average Bonchev–Trinajstić information content (AvgIpc) is 2.77. The van der Waals surface area contributed by atoms with Gasteiger partial charge in [-0.05, 0) is 25.3 Å². The minimum Gasteiger partial charge on any atom is -0.478 e. The molecule has 0 atom stereocenters. The maximum absolute atomic E-state index is 11.2. The van der Waals surface area contributed by atoms with Gasteiger partial charge < -0.3 is 5.11 Å². The Morgan fingerprint density at radius 2 is 2.22 bits per heavy atom. The Morgan fingerprint density at radius 1 is 1.44 bits per heavy atom. The molecule has 0 aromatic carbocycles. The first-order chi connectivity index (χ1) is 8.58. The maximum Gasteiger partial charge on any atom is 0.340 e. The number of thioether (sulfide) groups is 1. The summed E-state index contributed by atoms with van der Waals surface area (Å²) in [5.41, 5.74) is 0.728. The van der Waals surface area contributed by atoms with Crippen LogP contribution in [0.15, 0.2) is 22.5 Å². The molecule has 0 saturated heterocycles. The van der Waals surface area contributed by atoms with Gasteiger partial charge in [-0.2, -0.15) is 0 Å². The van der Waals surface area contributed by atoms with Crippen molar-refractivity contribution in [2.75, 3.05) is 0 Å². The normalized spacial score (nSPS) is 10.6. The number of carbonyl (C=O) groups is 1. The minimum absolute atomic E-state index is 0.210. The third-order valence-corrected chi connectivity index (χ3v) is 4.40. The summed E-state index contributed by atoms with van der Waals surface area (Å²) < 4.78 is 0. The van der Waals surface area contributed by atoms with Crippen LogP contribution >= 0.6 is 23.1 Å². The molecule has 0 aliphatic heterocycles. The van der Waals surface area contributed by atoms with Crippen LogP contribution in [0.3, 0.4) is 0 Å². The zero-order valence-corrected chi connectivity index (χ0v) is 11.6. The van der Waals surface area contributed by atoms with Crippen LogP contribution in [0, 0.1) is 13.8 Å². The molecule has 0 aliphatic rings. The monoisotopic (exact) mass is 280 g/mol. The number of nitrogens with zero attached hydrogens (tertiary/aromatic N) is 2. The van der Waals surface area contributed by atoms with Gasteiger partial charge in [0, 0.05) is 10.6 Å². The number of carboxylic acid groups (broad SMARTS) is 1. The number of carboxylic acids is 1. The van der Waals surface area contributed by atoms with E-state index < -0.39 is 5.97 Å². The molecule has 2 aromatic heterocycles. The molecule has 18 heavy (non-hydrogen) atoms. The van der Waals surface area contributed by atoms with Crippen LogP contribution in [0.25, 0.3) is 0 Å². The number of aryl methyl sites for hydroxylation is 2. The zero-order valence-electron chi connectivity index (χ0n) is 10.0. The summed E-state index contributed by atoms with van der Waals surface area (Å²) in [6.07, 6.45) is 0. The maximum atomic E-state index is 11.2. The van der Waals surface area contributed by atoms with Crippen molar-refractivity contribution in [3.05, 3.63) is 39.5 Å². The molecular formula is C12H12N2O2S2. The van der Waals surface area contributed by atoms with Crippen LogP contribution in [0.4, 0.5) is 0 Å². The molecule has 94 valence electrons. The van der Waals surface area contributed by atoms with Crippen LogP contribution in [0.1, 0.15) is 26.8 Å². The molecule has 0 spiro atoms. The van der Waals surface area contributed by atoms with Crippen molar-refractivity contribution in [1.29, 1.82) is 0 Å². The predicted molar refractivity (Wildman–Crippen MR) is 72.3 cm³/mol. The van der Waals surface area contributed by atoms with Gasteiger partial charge in [-0.3, -0.25) is 0 Å². The summed E-state index contributed by atoms with van der Waals surface area (Å²) in [5, 5.41) is 11.8. The number of thiophene rings is 1. The largest absolute Gasteiger partial charge is 0.478 e. The predicted octanol–water partition coefficient (Wildman–Crippen LogP) is 3.15. The van der Waals surface area contributed by atoms with Gasteiger partial charge in [0.05, 0.1) is 5.69 Å². The zero-order chi connectivity index (χ0) is 13.1. The molecule has 4 nitrogen and oxygen atoms in total. The Morgan fingerprint density at radius 3 is 2.83 bits per heavy atom. The summed E-state index contributed by atoms with van der Waals surface area (Å²) in [5.74, 6) is 0.362. The Hall–Kier alpha value is -1.40. The van der Waals surface area contributed by atoms with Crippen molar-refractivity contribution >= 4 is 29.1 Å². The molecule has 2 heterocycles. The molecule has 0 radical (unpaired) electrons. The van der Waals surface area contributed by atoms with E-state index in [2.05, 4.69) is 9.97 Å². The van der Waals surface area contributed by atoms with Crippen molar-refractivity contribution in [1.82, 2.24) is 9.97 Å². The third kappa shape index (κ3) is 2.88. The van der Waals surface area contributed by atoms with Gasteiger partial charge in [0.15, 0.2) is 0 Å². The third-order valence-electron chi connectivity index (χ3n) is 2.31. The van der Waals surface area contributed by atoms with Gasteiger partial charge in [0.1, 0.15) is 16.4 Å². The Balaban J connectivity index is 2.28. The van der Waals surface area contributed by atoms with Crippen LogP contribution in [-0.4, -0.2) is 21.0 Å². The molecule has 2 aromatic rings. The highest BCUT2D eigenvalue weighted by Crippen LogP contribution is 2.27. The Kier molecular flexibility index (Phi) is 3.98. The Bertz CT molecular complexity index is 568. The summed E-state index contributed by atoms with van der Waals surface area (Å²) in [6, 6.07) is 4.01. The lowest BCUT2D eigenvalue weighted by molar-refractivity contribution is 0.0690. The molecule has 0 saturated carbocycles. The fourth-order valence-corrected chi connectivity index (χ4v) is 3.46. The fourth-order valence-electron chi connectivity index (χ4n) is 1.57. The van der Waals surface area contributed by atoms with Gasteiger partial charge in [0.25, 0.3) is 0 Å². The van der Waals surface area contributed by atoms with E-state index in [1.165, 1.54) is 16.6 Å². The highest BCUT2D eigenvalue weighted by atomic mass is 32.2. The number of hydrogen-bond acceptors (Lipinski definition) is 5. The van der Waals surface area contributed by atoms with Gasteiger partial charge in [-0.1, -0.05) is 17.8 Å². The number of hydrogen-bond donors (Lipinski definition) is 1. The minimum atomic E-state index is -0.971. The number of aromatic carboxylic acids is 1. The lowest BCUT2D eigenvalue weighted by Gasteiger charge is -2.07. The standard InChI is InChI=1S/C12H12N2O2S2/c1-7-10(12(15)16)11(14-8(2)13-7)18-6-9-4-3-5-17-9/h3-5H,6H2,1-2H3,(H,15,16). The smallest absolute Gasteiger partial charge is 0.340 e. The lowest BCUT2D eigenvalue weighted by Crippen LogP contribution is -2.08. The second kappa shape index (κ2) is 5.49. The van der Waals surface area contributed by atoms with Gasteiger partial charge >= 0.3 is 5.97 Å². The van der Waals surface area contributed by atoms with E-state index in [9.17, 15) is 9.90 Å². The summed E-state index contributed by atoms with van der Waals surface area (Å²) >= 11 is 3.09. The van der Waals surface area contributed by atoms with E-state index in [1.54, 1.807) is 25.2 Å². The molecule has 0 amide bonds. The summed E-state index contributed by atoms with van der Waals surface area (Å²) in [7, 11) is 0. The van der Waals surface area contributed by atoms with Gasteiger partial charge in [0.2, 0.25) is 0 Å². The second-order valence-electron chi connectivity index (χ2n) is 3.71. The first kappa shape index (κ1) is 13.0. The molecule has 1 N–H and O–H groups in total. The van der Waals surface area contributed by atoms with E-state index in [0.717, 1.165) is 5.75 Å². The first-order valence-corrected chi connectivity index (χ1v) is 7.18. The SMILES string of the molecule is Cc1nc(C)c(C(=O)O)c(SCc2cccs2)n1. The van der Waals surface area contributed by atoms with Crippen molar-refractivity contribution < 1.29 is 9.90 Å². The lowest BCUT2D eigenvalue weighted by atomic mass is 10.2. The number of aromatic nitrogens is 2. The van der Waals surface area contributed by atoms with Gasteiger partial charge in [-0.15, -0.1) is 11.3 Å². The average molecular weight is 280 g/mol. The molecule has 0 aliphatic carbocycles. The van der Waals surface area contributed by atoms with Crippen molar-refractivity contribution in [3.8, 4) is 0 Å². The second-order valence-corrected chi connectivity index (χ2v) is 5.71. The molecule has 0 fully saturated rings. The molecule has 0 unspecified atom stereocenters. The van der Waals surface area contributed by atoms with Crippen molar-refractivity contribution in [2.45, 2.75) is 24.6 Å². The highest BCUT2D eigenvalue weighted by molar-refractivity contribution is 7.98. The van der Waals surface area contributed by atoms with Gasteiger partial charge in [-0.25, -0.2) is 14.8 Å². The summed E-state index contributed by atoms with van der Waals surface area (Å²) in [4.78, 5) is 20.8. The Labute approximate surface area is 113 Å². The van der Waals surface area contributed by atoms with E-state index in [4.69, 9.17) is 0 Å². The van der Waals surface area contributed by atoms with Crippen LogP contribution in [0.2, 0.25) is 0 Å². The van der Waals surface area contributed by atoms with Crippen LogP contribution in [0.5, 0.6) is 0 Å². The van der Waals surface area contributed by atoms with Crippen LogP contribution in [-0.2, 0) is 5.75 Å². The number of rotatable bonds is 4. The fraction of sp³-hybridized carbons (Fsp3) is 0.250. The van der Waals surface area contributed by atoms with E-state index in [1.807, 2.05) is 17.5 Å². The highest BCUT2D eigenvalue weighted by Gasteiger charge is 2.17. The molecule has 2 rings (SSSR count). The van der Waals surface area contributed by atoms with Crippen molar-refractivity contribution in [2.24, 2.45) is 0 Å². The molecule has 0 bridgehead atoms. The molecular weight excluding hydrogens is 268 g/mol. The van der Waals surface area contributed by atoms with E-state index in [-0.39, 0.29) is 5.56 Å². The summed E-state index contributed by atoms with van der Waals surface area (Å²) in [6.45, 7) is 3.47. The first-order valence-electron chi connectivity index (χ1n) is 5.31. The van der Waals surface area contributed by atoms with E-state index >= 15 is 0 Å². The van der Waals surface area contributed by atoms with E-state index in [0.29, 0.717) is 16.5 Å².